The number of ether oxygens (including phenoxy) is 1. The second-order valence-corrected chi connectivity index (χ2v) is 7.37. The van der Waals surface area contributed by atoms with Crippen molar-refractivity contribution in [3.05, 3.63) is 35.9 Å². The number of aliphatic imine (C=N–C) groups is 1. The number of guanidine groups is 1. The van der Waals surface area contributed by atoms with Crippen molar-refractivity contribution < 1.29 is 9.53 Å². The molecule has 1 aromatic rings. The molecule has 0 heterocycles. The summed E-state index contributed by atoms with van der Waals surface area (Å²) >= 11 is 0. The molecule has 1 aliphatic rings. The van der Waals surface area contributed by atoms with Gasteiger partial charge in [0.25, 0.3) is 0 Å². The lowest BCUT2D eigenvalue weighted by Crippen LogP contribution is -2.49. The molecule has 1 aliphatic carbocycles. The molecule has 0 atom stereocenters. The van der Waals surface area contributed by atoms with E-state index in [0.717, 1.165) is 6.54 Å². The smallest absolute Gasteiger partial charge is 0.325 e. The van der Waals surface area contributed by atoms with Crippen LogP contribution in [-0.2, 0) is 14.9 Å². The molecule has 1 saturated carbocycles. The van der Waals surface area contributed by atoms with Crippen molar-refractivity contribution in [1.29, 1.82) is 0 Å². The van der Waals surface area contributed by atoms with Gasteiger partial charge < -0.3 is 15.4 Å². The van der Waals surface area contributed by atoms with Gasteiger partial charge >= 0.3 is 5.97 Å². The Kier molecular flexibility index (Phi) is 8.18. The Hall–Kier alpha value is -1.31. The first-order valence-electron chi connectivity index (χ1n) is 8.57. The van der Waals surface area contributed by atoms with Crippen molar-refractivity contribution in [2.45, 2.75) is 51.0 Å². The van der Waals surface area contributed by atoms with Crippen LogP contribution in [0.2, 0.25) is 0 Å². The molecule has 1 aromatic carbocycles. The predicted octanol–water partition coefficient (Wildman–Crippen LogP) is 3.23. The van der Waals surface area contributed by atoms with Crippen LogP contribution in [0.25, 0.3) is 0 Å². The number of nitrogens with zero attached hydrogens (tertiary/aromatic N) is 1. The molecule has 0 amide bonds. The number of esters is 1. The molecule has 1 fully saturated rings. The number of nitrogens with one attached hydrogen (secondary N) is 2. The highest BCUT2D eigenvalue weighted by molar-refractivity contribution is 14.0. The molecule has 5 nitrogen and oxygen atoms in total. The van der Waals surface area contributed by atoms with E-state index >= 15 is 0 Å². The van der Waals surface area contributed by atoms with Gasteiger partial charge in [0.2, 0.25) is 0 Å². The lowest BCUT2D eigenvalue weighted by molar-refractivity contribution is -0.153. The zero-order valence-electron chi connectivity index (χ0n) is 15.6. The van der Waals surface area contributed by atoms with E-state index in [9.17, 15) is 4.79 Å². The minimum atomic E-state index is -0.473. The fourth-order valence-electron chi connectivity index (χ4n) is 2.97. The summed E-state index contributed by atoms with van der Waals surface area (Å²) < 4.78 is 5.30. The fourth-order valence-corrected chi connectivity index (χ4v) is 2.97. The average Bonchev–Trinajstić information content (AvgIpc) is 2.48. The van der Waals surface area contributed by atoms with Gasteiger partial charge in [-0.1, -0.05) is 36.8 Å². The minimum Gasteiger partial charge on any atom is -0.459 e. The van der Waals surface area contributed by atoms with Gasteiger partial charge in [-0.2, -0.15) is 0 Å². The number of benzene rings is 1. The maximum Gasteiger partial charge on any atom is 0.325 e. The van der Waals surface area contributed by atoms with E-state index in [-0.39, 0.29) is 41.9 Å². The monoisotopic (exact) mass is 459 g/mol. The Morgan fingerprint density at radius 3 is 2.32 bits per heavy atom. The molecule has 0 unspecified atom stereocenters. The summed E-state index contributed by atoms with van der Waals surface area (Å²) in [5.74, 6) is 0.343. The van der Waals surface area contributed by atoms with Crippen molar-refractivity contribution in [3.8, 4) is 0 Å². The van der Waals surface area contributed by atoms with E-state index in [1.807, 2.05) is 26.8 Å². The zero-order valence-corrected chi connectivity index (χ0v) is 17.9. The van der Waals surface area contributed by atoms with Crippen LogP contribution in [0.15, 0.2) is 35.3 Å². The third kappa shape index (κ3) is 6.49. The SMILES string of the molecule is CN=C(NCC(=O)OC(C)(C)C)NCC1(c2ccccc2)CCC1.I. The summed E-state index contributed by atoms with van der Waals surface area (Å²) in [7, 11) is 1.71. The number of rotatable bonds is 5. The van der Waals surface area contributed by atoms with E-state index in [2.05, 4.69) is 39.9 Å². The number of hydrogen-bond donors (Lipinski definition) is 2. The number of halogens is 1. The highest BCUT2D eigenvalue weighted by Crippen LogP contribution is 2.43. The summed E-state index contributed by atoms with van der Waals surface area (Å²) in [6.07, 6.45) is 3.60. The lowest BCUT2D eigenvalue weighted by atomic mass is 9.64. The normalized spacial score (nSPS) is 16.2. The summed E-state index contributed by atoms with van der Waals surface area (Å²) in [5.41, 5.74) is 1.07. The Bertz CT molecular complexity index is 578. The molecule has 0 aliphatic heterocycles. The first kappa shape index (κ1) is 21.7. The molecule has 0 spiro atoms. The molecule has 2 N–H and O–H groups in total. The molecule has 0 aromatic heterocycles. The van der Waals surface area contributed by atoms with Crippen molar-refractivity contribution in [2.75, 3.05) is 20.1 Å². The van der Waals surface area contributed by atoms with Crippen molar-refractivity contribution in [3.63, 3.8) is 0 Å². The van der Waals surface area contributed by atoms with Crippen molar-refractivity contribution in [1.82, 2.24) is 10.6 Å². The zero-order chi connectivity index (χ0) is 17.6. The van der Waals surface area contributed by atoms with Crippen LogP contribution in [0, 0.1) is 0 Å². The number of carbonyl (C=O) groups is 1. The van der Waals surface area contributed by atoms with Gasteiger partial charge in [0, 0.05) is 19.0 Å². The van der Waals surface area contributed by atoms with E-state index in [0.29, 0.717) is 5.96 Å². The Morgan fingerprint density at radius 1 is 1.20 bits per heavy atom. The van der Waals surface area contributed by atoms with Gasteiger partial charge in [0.1, 0.15) is 12.1 Å². The maximum atomic E-state index is 11.8. The largest absolute Gasteiger partial charge is 0.459 e. The molecular formula is C19H30IN3O2. The second kappa shape index (κ2) is 9.40. The van der Waals surface area contributed by atoms with Crippen LogP contribution in [0.3, 0.4) is 0 Å². The average molecular weight is 459 g/mol. The first-order chi connectivity index (χ1) is 11.3. The quantitative estimate of drug-likeness (QED) is 0.307. The van der Waals surface area contributed by atoms with Crippen molar-refractivity contribution >= 4 is 35.9 Å². The van der Waals surface area contributed by atoms with Gasteiger partial charge in [-0.3, -0.25) is 9.79 Å². The van der Waals surface area contributed by atoms with Crippen LogP contribution in [-0.4, -0.2) is 37.7 Å². The highest BCUT2D eigenvalue weighted by Gasteiger charge is 2.38. The molecule has 25 heavy (non-hydrogen) atoms. The topological polar surface area (TPSA) is 62.7 Å². The summed E-state index contributed by atoms with van der Waals surface area (Å²) in [6, 6.07) is 10.6. The molecule has 6 heteroatoms. The summed E-state index contributed by atoms with van der Waals surface area (Å²) in [5, 5.41) is 6.39. The van der Waals surface area contributed by atoms with E-state index in [1.54, 1.807) is 7.05 Å². The van der Waals surface area contributed by atoms with Gasteiger partial charge in [-0.15, -0.1) is 24.0 Å². The Balaban J connectivity index is 0.00000312. The van der Waals surface area contributed by atoms with Crippen LogP contribution >= 0.6 is 24.0 Å². The summed E-state index contributed by atoms with van der Waals surface area (Å²) in [6.45, 7) is 6.49. The Morgan fingerprint density at radius 2 is 1.84 bits per heavy atom. The van der Waals surface area contributed by atoms with Crippen LogP contribution in [0.4, 0.5) is 0 Å². The van der Waals surface area contributed by atoms with Crippen molar-refractivity contribution in [2.24, 2.45) is 4.99 Å². The standard InChI is InChI=1S/C19H29N3O2.HI/c1-18(2,3)24-16(23)13-21-17(20-4)22-14-19(11-8-12-19)15-9-6-5-7-10-15;/h5-7,9-10H,8,11-14H2,1-4H3,(H2,20,21,22);1H. The minimum absolute atomic E-state index is 0. The van der Waals surface area contributed by atoms with Gasteiger partial charge in [-0.05, 0) is 39.2 Å². The second-order valence-electron chi connectivity index (χ2n) is 7.37. The molecule has 2 rings (SSSR count). The fraction of sp³-hybridized carbons (Fsp3) is 0.579. The Labute approximate surface area is 168 Å². The molecule has 0 radical (unpaired) electrons. The maximum absolute atomic E-state index is 11.8. The van der Waals surface area contributed by atoms with Gasteiger partial charge in [0.05, 0.1) is 0 Å². The van der Waals surface area contributed by atoms with Crippen LogP contribution in [0.5, 0.6) is 0 Å². The van der Waals surface area contributed by atoms with E-state index in [4.69, 9.17) is 4.74 Å². The number of carbonyl (C=O) groups excluding carboxylic acids is 1. The third-order valence-electron chi connectivity index (χ3n) is 4.33. The predicted molar refractivity (Wildman–Crippen MR) is 113 cm³/mol. The van der Waals surface area contributed by atoms with Gasteiger partial charge in [0.15, 0.2) is 5.96 Å². The molecule has 0 bridgehead atoms. The summed E-state index contributed by atoms with van der Waals surface area (Å²) in [4.78, 5) is 16.0. The van der Waals surface area contributed by atoms with Crippen LogP contribution < -0.4 is 10.6 Å². The molecule has 140 valence electrons. The highest BCUT2D eigenvalue weighted by atomic mass is 127. The number of hydrogen-bond acceptors (Lipinski definition) is 3. The third-order valence-corrected chi connectivity index (χ3v) is 4.33. The lowest BCUT2D eigenvalue weighted by Gasteiger charge is -2.43. The van der Waals surface area contributed by atoms with E-state index < -0.39 is 5.60 Å². The molecular weight excluding hydrogens is 429 g/mol. The van der Waals surface area contributed by atoms with E-state index in [1.165, 1.54) is 24.8 Å². The molecule has 0 saturated heterocycles. The van der Waals surface area contributed by atoms with Crippen LogP contribution in [0.1, 0.15) is 45.6 Å². The first-order valence-corrected chi connectivity index (χ1v) is 8.57. The van der Waals surface area contributed by atoms with Gasteiger partial charge in [-0.25, -0.2) is 0 Å².